The topological polar surface area (TPSA) is 96.2 Å². The number of likely N-dealkylation sites (tertiary alicyclic amines) is 1. The first-order valence-corrected chi connectivity index (χ1v) is 9.43. The van der Waals surface area contributed by atoms with Crippen LogP contribution < -0.4 is 16.4 Å². The molecule has 1 aromatic carbocycles. The standard InChI is InChI=1S/C20H28N6O/c1-14-12-22-20(21)25-18(14)23-15(2)19(27)24-17-8-10-26(11-9-17)13-16-6-4-3-5-7-16/h3-7,12,15,17H,8-11,13H2,1-2H3,(H,24,27)(H3,21,22,23,25). The zero-order valence-corrected chi connectivity index (χ0v) is 16.0. The van der Waals surface area contributed by atoms with Crippen LogP contribution in [0.15, 0.2) is 36.5 Å². The number of hydrogen-bond donors (Lipinski definition) is 3. The number of carbonyl (C=O) groups excluding carboxylic acids is 1. The molecule has 1 aliphatic heterocycles. The summed E-state index contributed by atoms with van der Waals surface area (Å²) in [4.78, 5) is 23.1. The quantitative estimate of drug-likeness (QED) is 0.721. The highest BCUT2D eigenvalue weighted by atomic mass is 16.2. The Labute approximate surface area is 160 Å². The number of benzene rings is 1. The van der Waals surface area contributed by atoms with E-state index in [2.05, 4.69) is 49.8 Å². The fourth-order valence-electron chi connectivity index (χ4n) is 3.28. The summed E-state index contributed by atoms with van der Waals surface area (Å²) in [5, 5.41) is 6.28. The minimum Gasteiger partial charge on any atom is -0.368 e. The second-order valence-electron chi connectivity index (χ2n) is 7.17. The number of amides is 1. The highest BCUT2D eigenvalue weighted by Gasteiger charge is 2.23. The van der Waals surface area contributed by atoms with Gasteiger partial charge in [-0.05, 0) is 32.3 Å². The van der Waals surface area contributed by atoms with Crippen LogP contribution in [-0.4, -0.2) is 45.9 Å². The molecule has 7 heteroatoms. The van der Waals surface area contributed by atoms with E-state index in [4.69, 9.17) is 5.73 Å². The zero-order chi connectivity index (χ0) is 19.2. The molecule has 1 saturated heterocycles. The molecule has 1 atom stereocenters. The van der Waals surface area contributed by atoms with Crippen molar-refractivity contribution in [1.29, 1.82) is 0 Å². The molecule has 2 heterocycles. The largest absolute Gasteiger partial charge is 0.368 e. The number of carbonyl (C=O) groups is 1. The van der Waals surface area contributed by atoms with Gasteiger partial charge in [0, 0.05) is 37.4 Å². The molecule has 144 valence electrons. The van der Waals surface area contributed by atoms with E-state index in [-0.39, 0.29) is 23.9 Å². The number of nitrogen functional groups attached to an aromatic ring is 1. The zero-order valence-electron chi connectivity index (χ0n) is 16.0. The number of nitrogens with zero attached hydrogens (tertiary/aromatic N) is 3. The van der Waals surface area contributed by atoms with Gasteiger partial charge in [0.05, 0.1) is 0 Å². The van der Waals surface area contributed by atoms with Gasteiger partial charge >= 0.3 is 0 Å². The molecule has 0 saturated carbocycles. The lowest BCUT2D eigenvalue weighted by Gasteiger charge is -2.33. The van der Waals surface area contributed by atoms with Crippen molar-refractivity contribution in [2.75, 3.05) is 24.1 Å². The van der Waals surface area contributed by atoms with Gasteiger partial charge in [-0.1, -0.05) is 30.3 Å². The summed E-state index contributed by atoms with van der Waals surface area (Å²) in [6.07, 6.45) is 3.58. The molecule has 1 amide bonds. The minimum absolute atomic E-state index is 0.0203. The maximum atomic E-state index is 12.5. The minimum atomic E-state index is -0.389. The summed E-state index contributed by atoms with van der Waals surface area (Å²) in [6, 6.07) is 10.3. The van der Waals surface area contributed by atoms with Crippen molar-refractivity contribution in [3.63, 3.8) is 0 Å². The molecule has 27 heavy (non-hydrogen) atoms. The lowest BCUT2D eigenvalue weighted by atomic mass is 10.0. The number of hydrogen-bond acceptors (Lipinski definition) is 6. The highest BCUT2D eigenvalue weighted by Crippen LogP contribution is 2.15. The van der Waals surface area contributed by atoms with E-state index in [1.54, 1.807) is 6.20 Å². The average molecular weight is 368 g/mol. The first-order valence-electron chi connectivity index (χ1n) is 9.43. The number of aromatic nitrogens is 2. The summed E-state index contributed by atoms with van der Waals surface area (Å²) < 4.78 is 0. The molecule has 1 aromatic heterocycles. The number of nitrogens with one attached hydrogen (secondary N) is 2. The van der Waals surface area contributed by atoms with Crippen molar-refractivity contribution in [2.45, 2.75) is 45.3 Å². The molecular weight excluding hydrogens is 340 g/mol. The van der Waals surface area contributed by atoms with E-state index in [9.17, 15) is 4.79 Å². The van der Waals surface area contributed by atoms with E-state index in [1.165, 1.54) is 5.56 Å². The van der Waals surface area contributed by atoms with Gasteiger partial charge in [-0.15, -0.1) is 0 Å². The van der Waals surface area contributed by atoms with E-state index >= 15 is 0 Å². The van der Waals surface area contributed by atoms with Crippen LogP contribution in [0.2, 0.25) is 0 Å². The van der Waals surface area contributed by atoms with Gasteiger partial charge in [0.25, 0.3) is 0 Å². The molecule has 2 aromatic rings. The molecule has 0 aliphatic carbocycles. The molecule has 1 aliphatic rings. The third kappa shape index (κ3) is 5.40. The van der Waals surface area contributed by atoms with Gasteiger partial charge in [-0.2, -0.15) is 4.98 Å². The van der Waals surface area contributed by atoms with Gasteiger partial charge in [-0.3, -0.25) is 9.69 Å². The molecule has 1 unspecified atom stereocenters. The van der Waals surface area contributed by atoms with E-state index in [0.717, 1.165) is 38.0 Å². The Bertz CT molecular complexity index is 758. The Kier molecular flexibility index (Phi) is 6.24. The van der Waals surface area contributed by atoms with Crippen molar-refractivity contribution in [2.24, 2.45) is 0 Å². The average Bonchev–Trinajstić information content (AvgIpc) is 2.67. The monoisotopic (exact) mass is 368 g/mol. The first-order chi connectivity index (χ1) is 13.0. The van der Waals surface area contributed by atoms with Crippen LogP contribution in [-0.2, 0) is 11.3 Å². The summed E-state index contributed by atoms with van der Waals surface area (Å²) in [5.74, 6) is 0.775. The molecule has 0 radical (unpaired) electrons. The number of anilines is 2. The summed E-state index contributed by atoms with van der Waals surface area (Å²) in [6.45, 7) is 6.66. The van der Waals surface area contributed by atoms with Crippen molar-refractivity contribution >= 4 is 17.7 Å². The van der Waals surface area contributed by atoms with Crippen LogP contribution in [0, 0.1) is 6.92 Å². The SMILES string of the molecule is Cc1cnc(N)nc1NC(C)C(=O)NC1CCN(Cc2ccccc2)CC1. The smallest absolute Gasteiger partial charge is 0.242 e. The Balaban J connectivity index is 1.45. The molecule has 0 spiro atoms. The number of nitrogens with two attached hydrogens (primary N) is 1. The molecule has 3 rings (SSSR count). The Morgan fingerprint density at radius 3 is 2.70 bits per heavy atom. The second kappa shape index (κ2) is 8.81. The van der Waals surface area contributed by atoms with Crippen LogP contribution in [0.1, 0.15) is 30.9 Å². The summed E-state index contributed by atoms with van der Waals surface area (Å²) >= 11 is 0. The van der Waals surface area contributed by atoms with Crippen LogP contribution in [0.5, 0.6) is 0 Å². The lowest BCUT2D eigenvalue weighted by Crippen LogP contribution is -2.48. The maximum absolute atomic E-state index is 12.5. The predicted octanol–water partition coefficient (Wildman–Crippen LogP) is 1.95. The fraction of sp³-hybridized carbons (Fsp3) is 0.450. The first kappa shape index (κ1) is 19.1. The third-order valence-electron chi connectivity index (χ3n) is 4.92. The van der Waals surface area contributed by atoms with Crippen molar-refractivity contribution in [3.05, 3.63) is 47.7 Å². The highest BCUT2D eigenvalue weighted by molar-refractivity contribution is 5.84. The van der Waals surface area contributed by atoms with Crippen molar-refractivity contribution < 1.29 is 4.79 Å². The maximum Gasteiger partial charge on any atom is 0.242 e. The van der Waals surface area contributed by atoms with Crippen LogP contribution in [0.3, 0.4) is 0 Å². The Hall–Kier alpha value is -2.67. The summed E-state index contributed by atoms with van der Waals surface area (Å²) in [7, 11) is 0. The molecule has 7 nitrogen and oxygen atoms in total. The van der Waals surface area contributed by atoms with E-state index in [1.807, 2.05) is 19.9 Å². The summed E-state index contributed by atoms with van der Waals surface area (Å²) in [5.41, 5.74) is 7.82. The van der Waals surface area contributed by atoms with Crippen molar-refractivity contribution in [3.8, 4) is 0 Å². The lowest BCUT2D eigenvalue weighted by molar-refractivity contribution is -0.122. The predicted molar refractivity (Wildman–Crippen MR) is 107 cm³/mol. The Morgan fingerprint density at radius 2 is 2.00 bits per heavy atom. The van der Waals surface area contributed by atoms with Gasteiger partial charge < -0.3 is 16.4 Å². The molecule has 1 fully saturated rings. The Morgan fingerprint density at radius 1 is 1.30 bits per heavy atom. The second-order valence-corrected chi connectivity index (χ2v) is 7.17. The van der Waals surface area contributed by atoms with Gasteiger partial charge in [-0.25, -0.2) is 4.98 Å². The van der Waals surface area contributed by atoms with Crippen molar-refractivity contribution in [1.82, 2.24) is 20.2 Å². The number of piperidine rings is 1. The molecule has 0 bridgehead atoms. The fourth-order valence-corrected chi connectivity index (χ4v) is 3.28. The molecule has 4 N–H and O–H groups in total. The third-order valence-corrected chi connectivity index (χ3v) is 4.92. The van der Waals surface area contributed by atoms with Crippen LogP contribution >= 0.6 is 0 Å². The van der Waals surface area contributed by atoms with E-state index < -0.39 is 0 Å². The van der Waals surface area contributed by atoms with Crippen LogP contribution in [0.25, 0.3) is 0 Å². The van der Waals surface area contributed by atoms with E-state index in [0.29, 0.717) is 5.82 Å². The van der Waals surface area contributed by atoms with Gasteiger partial charge in [0.2, 0.25) is 11.9 Å². The van der Waals surface area contributed by atoms with Gasteiger partial charge in [0.15, 0.2) is 0 Å². The number of aryl methyl sites for hydroxylation is 1. The number of rotatable bonds is 6. The van der Waals surface area contributed by atoms with Crippen LogP contribution in [0.4, 0.5) is 11.8 Å². The normalized spacial score (nSPS) is 16.7. The molecular formula is C20H28N6O. The van der Waals surface area contributed by atoms with Gasteiger partial charge in [0.1, 0.15) is 11.9 Å².